The number of aryl methyl sites for hydroxylation is 2. The highest BCUT2D eigenvalue weighted by Gasteiger charge is 2.16. The van der Waals surface area contributed by atoms with Gasteiger partial charge in [-0.1, -0.05) is 25.2 Å². The van der Waals surface area contributed by atoms with Gasteiger partial charge in [0.05, 0.1) is 4.88 Å². The van der Waals surface area contributed by atoms with E-state index < -0.39 is 0 Å². The molecule has 108 valence electrons. The molecule has 0 unspecified atom stereocenters. The van der Waals surface area contributed by atoms with Gasteiger partial charge in [0.25, 0.3) is 0 Å². The Morgan fingerprint density at radius 3 is 2.85 bits per heavy atom. The van der Waals surface area contributed by atoms with Gasteiger partial charge in [-0.15, -0.1) is 21.5 Å². The molecule has 1 N–H and O–H groups in total. The summed E-state index contributed by atoms with van der Waals surface area (Å²) in [5.74, 6) is 0.673. The lowest BCUT2D eigenvalue weighted by atomic mass is 9.99. The summed E-state index contributed by atoms with van der Waals surface area (Å²) in [6.07, 6.45) is 5.17. The van der Waals surface area contributed by atoms with Crippen LogP contribution in [0.1, 0.15) is 42.1 Å². The topological polar surface area (TPSA) is 37.8 Å². The van der Waals surface area contributed by atoms with Gasteiger partial charge in [-0.3, -0.25) is 0 Å². The first-order valence-electron chi connectivity index (χ1n) is 7.37. The van der Waals surface area contributed by atoms with Gasteiger partial charge in [-0.2, -0.15) is 0 Å². The van der Waals surface area contributed by atoms with Gasteiger partial charge in [-0.05, 0) is 49.8 Å². The van der Waals surface area contributed by atoms with Crippen molar-refractivity contribution >= 4 is 22.7 Å². The maximum absolute atomic E-state index is 4.37. The molecule has 1 aliphatic carbocycles. The Labute approximate surface area is 128 Å². The minimum Gasteiger partial charge on any atom is -0.310 e. The third kappa shape index (κ3) is 3.27. The molecule has 3 rings (SSSR count). The van der Waals surface area contributed by atoms with Gasteiger partial charge in [0.2, 0.25) is 0 Å². The van der Waals surface area contributed by atoms with E-state index in [0.29, 0.717) is 5.92 Å². The molecule has 0 amide bonds. The predicted octanol–water partition coefficient (Wildman–Crippen LogP) is 3.89. The van der Waals surface area contributed by atoms with Gasteiger partial charge in [0.15, 0.2) is 5.01 Å². The Morgan fingerprint density at radius 2 is 2.05 bits per heavy atom. The maximum Gasteiger partial charge on any atom is 0.157 e. The third-order valence-electron chi connectivity index (χ3n) is 3.50. The molecule has 1 aliphatic rings. The zero-order chi connectivity index (χ0) is 13.9. The minimum atomic E-state index is 0.673. The van der Waals surface area contributed by atoms with Crippen molar-refractivity contribution in [2.24, 2.45) is 5.92 Å². The highest BCUT2D eigenvalue weighted by molar-refractivity contribution is 7.21. The van der Waals surface area contributed by atoms with E-state index in [-0.39, 0.29) is 0 Å². The molecule has 2 heterocycles. The van der Waals surface area contributed by atoms with Crippen molar-refractivity contribution in [3.05, 3.63) is 21.5 Å². The van der Waals surface area contributed by atoms with Crippen LogP contribution in [0.5, 0.6) is 0 Å². The van der Waals surface area contributed by atoms with E-state index in [4.69, 9.17) is 0 Å². The minimum absolute atomic E-state index is 0.673. The fraction of sp³-hybridized carbons (Fsp3) is 0.600. The third-order valence-corrected chi connectivity index (χ3v) is 5.83. The van der Waals surface area contributed by atoms with Crippen LogP contribution in [0.3, 0.4) is 0 Å². The van der Waals surface area contributed by atoms with Crippen LogP contribution in [-0.2, 0) is 19.4 Å². The molecule has 0 spiro atoms. The van der Waals surface area contributed by atoms with Crippen molar-refractivity contribution < 1.29 is 0 Å². The van der Waals surface area contributed by atoms with Gasteiger partial charge in [0.1, 0.15) is 5.01 Å². The van der Waals surface area contributed by atoms with Crippen LogP contribution in [-0.4, -0.2) is 16.7 Å². The van der Waals surface area contributed by atoms with Crippen LogP contribution >= 0.6 is 22.7 Å². The number of nitrogens with one attached hydrogen (secondary N) is 1. The summed E-state index contributed by atoms with van der Waals surface area (Å²) in [5.41, 5.74) is 1.55. The number of nitrogens with zero attached hydrogens (tertiary/aromatic N) is 2. The summed E-state index contributed by atoms with van der Waals surface area (Å²) < 4.78 is 0. The maximum atomic E-state index is 4.37. The molecule has 2 aromatic heterocycles. The molecule has 0 fully saturated rings. The zero-order valence-electron chi connectivity index (χ0n) is 12.1. The van der Waals surface area contributed by atoms with Gasteiger partial charge < -0.3 is 5.32 Å². The number of rotatable bonds is 5. The number of thiophene rings is 1. The second-order valence-electron chi connectivity index (χ2n) is 5.79. The number of hydrogen-bond acceptors (Lipinski definition) is 5. The first-order valence-corrected chi connectivity index (χ1v) is 9.00. The summed E-state index contributed by atoms with van der Waals surface area (Å²) in [6.45, 7) is 6.30. The molecule has 0 atom stereocenters. The number of hydrogen-bond donors (Lipinski definition) is 1. The van der Waals surface area contributed by atoms with Crippen molar-refractivity contribution in [3.63, 3.8) is 0 Å². The predicted molar refractivity (Wildman–Crippen MR) is 86.4 cm³/mol. The van der Waals surface area contributed by atoms with E-state index in [2.05, 4.69) is 35.4 Å². The summed E-state index contributed by atoms with van der Waals surface area (Å²) in [4.78, 5) is 2.88. The summed E-state index contributed by atoms with van der Waals surface area (Å²) >= 11 is 3.64. The molecule has 5 heteroatoms. The number of aromatic nitrogens is 2. The molecular weight excluding hydrogens is 286 g/mol. The molecule has 0 saturated heterocycles. The van der Waals surface area contributed by atoms with E-state index in [1.165, 1.54) is 30.6 Å². The quantitative estimate of drug-likeness (QED) is 0.910. The van der Waals surface area contributed by atoms with Crippen LogP contribution in [0, 0.1) is 5.92 Å². The molecular formula is C15H21N3S2. The summed E-state index contributed by atoms with van der Waals surface area (Å²) in [7, 11) is 0. The molecule has 3 nitrogen and oxygen atoms in total. The Kier molecular flexibility index (Phi) is 4.48. The Hall–Kier alpha value is -0.780. The molecule has 0 aromatic carbocycles. The van der Waals surface area contributed by atoms with Gasteiger partial charge in [0, 0.05) is 11.4 Å². The fourth-order valence-electron chi connectivity index (χ4n) is 2.49. The van der Waals surface area contributed by atoms with Crippen molar-refractivity contribution in [1.29, 1.82) is 0 Å². The van der Waals surface area contributed by atoms with Crippen molar-refractivity contribution in [2.45, 2.75) is 46.1 Å². The van der Waals surface area contributed by atoms with E-state index >= 15 is 0 Å². The Morgan fingerprint density at radius 1 is 1.20 bits per heavy atom. The summed E-state index contributed by atoms with van der Waals surface area (Å²) in [5, 5.41) is 14.3. The van der Waals surface area contributed by atoms with Crippen molar-refractivity contribution in [1.82, 2.24) is 15.5 Å². The van der Waals surface area contributed by atoms with Crippen LogP contribution < -0.4 is 5.32 Å². The van der Waals surface area contributed by atoms with E-state index in [9.17, 15) is 0 Å². The van der Waals surface area contributed by atoms with Crippen molar-refractivity contribution in [2.75, 3.05) is 6.54 Å². The Balaban J connectivity index is 1.68. The molecule has 0 radical (unpaired) electrons. The first kappa shape index (κ1) is 14.2. The summed E-state index contributed by atoms with van der Waals surface area (Å²) in [6, 6.07) is 2.34. The number of fused-ring (bicyclic) bond motifs is 1. The van der Waals surface area contributed by atoms with Crippen molar-refractivity contribution in [3.8, 4) is 9.88 Å². The van der Waals surface area contributed by atoms with E-state index in [1.807, 2.05) is 11.3 Å². The second kappa shape index (κ2) is 6.33. The average molecular weight is 307 g/mol. The molecule has 2 aromatic rings. The van der Waals surface area contributed by atoms with Gasteiger partial charge >= 0.3 is 0 Å². The highest BCUT2D eigenvalue weighted by atomic mass is 32.1. The lowest BCUT2D eigenvalue weighted by Gasteiger charge is -2.08. The zero-order valence-corrected chi connectivity index (χ0v) is 13.7. The fourth-order valence-corrected chi connectivity index (χ4v) is 4.59. The lowest BCUT2D eigenvalue weighted by Crippen LogP contribution is -2.18. The Bertz CT molecular complexity index is 548. The van der Waals surface area contributed by atoms with Crippen LogP contribution in [0.2, 0.25) is 0 Å². The van der Waals surface area contributed by atoms with Gasteiger partial charge in [-0.25, -0.2) is 0 Å². The average Bonchev–Trinajstić information content (AvgIpc) is 3.03. The SMILES string of the molecule is CC(C)CNCc1nnc(-c2cc3c(s2)CCCC3)s1. The van der Waals surface area contributed by atoms with Crippen LogP contribution in [0.15, 0.2) is 6.07 Å². The second-order valence-corrected chi connectivity index (χ2v) is 7.99. The van der Waals surface area contributed by atoms with Crippen LogP contribution in [0.4, 0.5) is 0 Å². The molecule has 0 saturated carbocycles. The first-order chi connectivity index (χ1) is 9.72. The smallest absolute Gasteiger partial charge is 0.157 e. The highest BCUT2D eigenvalue weighted by Crippen LogP contribution is 2.36. The monoisotopic (exact) mass is 307 g/mol. The lowest BCUT2D eigenvalue weighted by molar-refractivity contribution is 0.550. The standard InChI is InChI=1S/C15H21N3S2/c1-10(2)8-16-9-14-17-18-15(20-14)13-7-11-5-3-4-6-12(11)19-13/h7,10,16H,3-6,8-9H2,1-2H3. The van der Waals surface area contributed by atoms with E-state index in [1.54, 1.807) is 21.8 Å². The van der Waals surface area contributed by atoms with E-state index in [0.717, 1.165) is 23.1 Å². The largest absolute Gasteiger partial charge is 0.310 e. The normalized spacial score (nSPS) is 14.8. The van der Waals surface area contributed by atoms with Crippen LogP contribution in [0.25, 0.3) is 9.88 Å². The molecule has 20 heavy (non-hydrogen) atoms. The molecule has 0 bridgehead atoms. The molecule has 0 aliphatic heterocycles.